The molecule has 1 aromatic heterocycles. The van der Waals surface area contributed by atoms with E-state index in [2.05, 4.69) is 0 Å². The number of carboxylic acid groups (broad SMARTS) is 1. The molecular formula is C14H10ClNO6S. The molecule has 0 bridgehead atoms. The number of carboxylic acids is 1. The summed E-state index contributed by atoms with van der Waals surface area (Å²) in [4.78, 5) is 21.5. The minimum absolute atomic E-state index is 0.0864. The maximum Gasteiger partial charge on any atom is 0.376 e. The summed E-state index contributed by atoms with van der Waals surface area (Å²) in [5.41, 5.74) is -0.241. The van der Waals surface area contributed by atoms with Crippen molar-refractivity contribution in [2.75, 3.05) is 0 Å². The van der Waals surface area contributed by atoms with Gasteiger partial charge in [-0.3, -0.25) is 4.79 Å². The summed E-state index contributed by atoms with van der Waals surface area (Å²) in [6.07, 6.45) is 1.60. The van der Waals surface area contributed by atoms with E-state index in [4.69, 9.17) is 16.7 Å². The van der Waals surface area contributed by atoms with Gasteiger partial charge in [0.05, 0.1) is 10.6 Å². The molecule has 7 nitrogen and oxygen atoms in total. The first kappa shape index (κ1) is 16.8. The van der Waals surface area contributed by atoms with E-state index in [0.29, 0.717) is 11.1 Å². The van der Waals surface area contributed by atoms with Crippen molar-refractivity contribution in [3.8, 4) is 0 Å². The lowest BCUT2D eigenvalue weighted by Gasteiger charge is -2.10. The first-order chi connectivity index (χ1) is 10.7. The summed E-state index contributed by atoms with van der Waals surface area (Å²) in [5, 5.41) is 18.7. The largest absolute Gasteiger partial charge is 0.506 e. The Morgan fingerprint density at radius 3 is 2.26 bits per heavy atom. The molecule has 1 aromatic carbocycles. The predicted octanol–water partition coefficient (Wildman–Crippen LogP) is 1.93. The van der Waals surface area contributed by atoms with Gasteiger partial charge in [0.25, 0.3) is 15.8 Å². The van der Waals surface area contributed by atoms with Gasteiger partial charge in [0.15, 0.2) is 0 Å². The van der Waals surface area contributed by atoms with Gasteiger partial charge in [0, 0.05) is 17.3 Å². The van der Waals surface area contributed by atoms with Crippen molar-refractivity contribution in [3.05, 3.63) is 59.4 Å². The molecule has 0 spiro atoms. The van der Waals surface area contributed by atoms with Crippen molar-refractivity contribution in [2.24, 2.45) is 0 Å². The fourth-order valence-electron chi connectivity index (χ4n) is 1.75. The molecule has 0 saturated carbocycles. The molecule has 0 unspecified atom stereocenters. The molecule has 0 aliphatic heterocycles. The fraction of sp³-hybridized carbons (Fsp3) is 0. The average molecular weight is 356 g/mol. The molecule has 9 heteroatoms. The smallest absolute Gasteiger partial charge is 0.376 e. The van der Waals surface area contributed by atoms with Crippen LogP contribution in [-0.2, 0) is 19.6 Å². The van der Waals surface area contributed by atoms with E-state index in [1.54, 1.807) is 0 Å². The molecule has 1 heterocycles. The number of rotatable bonds is 5. The van der Waals surface area contributed by atoms with Gasteiger partial charge in [-0.2, -0.15) is 0 Å². The lowest BCUT2D eigenvalue weighted by Crippen LogP contribution is -2.15. The van der Waals surface area contributed by atoms with Crippen molar-refractivity contribution in [3.63, 3.8) is 0 Å². The Bertz CT molecular complexity index is 896. The van der Waals surface area contributed by atoms with Gasteiger partial charge in [0.1, 0.15) is 5.76 Å². The Hall–Kier alpha value is -2.58. The summed E-state index contributed by atoms with van der Waals surface area (Å²) in [6, 6.07) is 7.91. The number of hydrogen-bond donors (Lipinski definition) is 2. The molecule has 2 aromatic rings. The van der Waals surface area contributed by atoms with Crippen LogP contribution in [0.3, 0.4) is 0 Å². The Labute approximate surface area is 136 Å². The Balaban J connectivity index is 2.51. The minimum atomic E-state index is -4.05. The zero-order chi connectivity index (χ0) is 17.2. The van der Waals surface area contributed by atoms with Gasteiger partial charge in [-0.05, 0) is 36.4 Å². The highest BCUT2D eigenvalue weighted by Crippen LogP contribution is 2.22. The van der Waals surface area contributed by atoms with Crippen LogP contribution in [0.1, 0.15) is 5.69 Å². The van der Waals surface area contributed by atoms with Gasteiger partial charge in [-0.15, -0.1) is 0 Å². The zero-order valence-corrected chi connectivity index (χ0v) is 13.0. The summed E-state index contributed by atoms with van der Waals surface area (Å²) in [7, 11) is -4.05. The van der Waals surface area contributed by atoms with Gasteiger partial charge < -0.3 is 10.2 Å². The molecular weight excluding hydrogens is 346 g/mol. The van der Waals surface area contributed by atoms with Crippen LogP contribution >= 0.6 is 11.6 Å². The fourth-order valence-corrected chi connectivity index (χ4v) is 3.23. The molecule has 23 heavy (non-hydrogen) atoms. The first-order valence-corrected chi connectivity index (χ1v) is 7.92. The third kappa shape index (κ3) is 3.43. The summed E-state index contributed by atoms with van der Waals surface area (Å²) in [6.45, 7) is 0. The van der Waals surface area contributed by atoms with E-state index in [9.17, 15) is 23.1 Å². The second-order valence-electron chi connectivity index (χ2n) is 4.35. The van der Waals surface area contributed by atoms with Crippen LogP contribution in [0.4, 0.5) is 0 Å². The number of benzene rings is 1. The van der Waals surface area contributed by atoms with E-state index in [-0.39, 0.29) is 10.6 Å². The molecule has 0 atom stereocenters. The van der Waals surface area contributed by atoms with Crippen molar-refractivity contribution in [1.82, 2.24) is 3.97 Å². The highest BCUT2D eigenvalue weighted by molar-refractivity contribution is 7.90. The number of nitrogens with zero attached hydrogens (tertiary/aromatic N) is 1. The highest BCUT2D eigenvalue weighted by atomic mass is 35.5. The summed E-state index contributed by atoms with van der Waals surface area (Å²) < 4.78 is 25.8. The normalized spacial score (nSPS) is 12.1. The number of carbonyl (C=O) groups is 2. The molecule has 0 radical (unpaired) electrons. The van der Waals surface area contributed by atoms with Gasteiger partial charge in [-0.1, -0.05) is 11.6 Å². The monoisotopic (exact) mass is 355 g/mol. The maximum atomic E-state index is 12.5. The van der Waals surface area contributed by atoms with Crippen LogP contribution < -0.4 is 0 Å². The lowest BCUT2D eigenvalue weighted by molar-refractivity contribution is -0.146. The summed E-state index contributed by atoms with van der Waals surface area (Å²) in [5.74, 6) is -3.92. The quantitative estimate of drug-likeness (QED) is 0.481. The van der Waals surface area contributed by atoms with E-state index < -0.39 is 27.5 Å². The van der Waals surface area contributed by atoms with Gasteiger partial charge in [-0.25, -0.2) is 17.2 Å². The maximum absolute atomic E-state index is 12.5. The third-order valence-corrected chi connectivity index (χ3v) is 4.78. The van der Waals surface area contributed by atoms with Gasteiger partial charge >= 0.3 is 5.97 Å². The molecule has 2 rings (SSSR count). The van der Waals surface area contributed by atoms with Crippen LogP contribution in [0.25, 0.3) is 5.76 Å². The van der Waals surface area contributed by atoms with Crippen LogP contribution in [0, 0.1) is 0 Å². The second-order valence-corrected chi connectivity index (χ2v) is 6.60. The number of aromatic nitrogens is 1. The van der Waals surface area contributed by atoms with E-state index >= 15 is 0 Å². The molecule has 0 aliphatic rings. The number of aliphatic hydroxyl groups is 1. The molecule has 0 saturated heterocycles. The van der Waals surface area contributed by atoms with Crippen LogP contribution in [-0.4, -0.2) is 34.4 Å². The standard InChI is InChI=1S/C14H10ClNO6S/c15-9-3-5-10(6-4-9)23(21,22)16-7-1-2-11(16)12(17)8-13(18)14(19)20/h1-8,17H,(H,19,20). The second kappa shape index (κ2) is 6.27. The Morgan fingerprint density at radius 1 is 1.09 bits per heavy atom. The van der Waals surface area contributed by atoms with E-state index in [1.807, 2.05) is 0 Å². The number of aliphatic hydroxyl groups excluding tert-OH is 1. The number of ketones is 1. The molecule has 0 aliphatic carbocycles. The molecule has 120 valence electrons. The van der Waals surface area contributed by atoms with E-state index in [0.717, 1.165) is 10.2 Å². The van der Waals surface area contributed by atoms with Crippen molar-refractivity contribution < 1.29 is 28.2 Å². The number of hydrogen-bond acceptors (Lipinski definition) is 5. The van der Waals surface area contributed by atoms with Crippen LogP contribution in [0.15, 0.2) is 53.6 Å². The van der Waals surface area contributed by atoms with Crippen LogP contribution in [0.2, 0.25) is 5.02 Å². The minimum Gasteiger partial charge on any atom is -0.506 e. The highest BCUT2D eigenvalue weighted by Gasteiger charge is 2.22. The molecule has 2 N–H and O–H groups in total. The Kier molecular flexibility index (Phi) is 4.57. The predicted molar refractivity (Wildman–Crippen MR) is 81.7 cm³/mol. The topological polar surface area (TPSA) is 114 Å². The SMILES string of the molecule is O=C(O)C(=O)C=C(O)c1cccn1S(=O)(=O)c1ccc(Cl)cc1. The van der Waals surface area contributed by atoms with Crippen LogP contribution in [0.5, 0.6) is 0 Å². The average Bonchev–Trinajstić information content (AvgIpc) is 2.97. The Morgan fingerprint density at radius 2 is 1.70 bits per heavy atom. The van der Waals surface area contributed by atoms with Crippen molar-refractivity contribution in [2.45, 2.75) is 4.90 Å². The van der Waals surface area contributed by atoms with Gasteiger partial charge in [0.2, 0.25) is 0 Å². The summed E-state index contributed by atoms with van der Waals surface area (Å²) >= 11 is 5.71. The number of carbonyl (C=O) groups excluding carboxylic acids is 1. The number of aliphatic carboxylic acids is 1. The third-order valence-electron chi connectivity index (χ3n) is 2.82. The molecule has 0 amide bonds. The number of halogens is 1. The lowest BCUT2D eigenvalue weighted by atomic mass is 10.3. The van der Waals surface area contributed by atoms with Crippen molar-refractivity contribution in [1.29, 1.82) is 0 Å². The first-order valence-electron chi connectivity index (χ1n) is 6.10. The molecule has 0 fully saturated rings. The zero-order valence-electron chi connectivity index (χ0n) is 11.4. The van der Waals surface area contributed by atoms with Crippen molar-refractivity contribution >= 4 is 39.1 Å². The van der Waals surface area contributed by atoms with E-state index in [1.165, 1.54) is 36.4 Å².